The highest BCUT2D eigenvalue weighted by molar-refractivity contribution is 5.70. The van der Waals surface area contributed by atoms with Crippen LogP contribution in [0.2, 0.25) is 0 Å². The number of ether oxygens (including phenoxy) is 2. The van der Waals surface area contributed by atoms with Crippen LogP contribution in [0.5, 0.6) is 0 Å². The number of allylic oxidation sites excluding steroid dienone is 6. The van der Waals surface area contributed by atoms with Crippen molar-refractivity contribution in [2.24, 2.45) is 0 Å². The molecular weight excluding hydrogens is 741 g/mol. The summed E-state index contributed by atoms with van der Waals surface area (Å²) in [5.41, 5.74) is 0. The second-order valence-electron chi connectivity index (χ2n) is 17.9. The number of carbonyl (C=O) groups is 2. The van der Waals surface area contributed by atoms with Crippen LogP contribution in [0.1, 0.15) is 284 Å². The van der Waals surface area contributed by atoms with E-state index in [0.717, 1.165) is 51.4 Å². The molecule has 0 spiro atoms. The Hall–Kier alpha value is -1.88. The molecule has 0 aliphatic heterocycles. The molecule has 5 heteroatoms. The van der Waals surface area contributed by atoms with Crippen LogP contribution in [0, 0.1) is 0 Å². The van der Waals surface area contributed by atoms with Gasteiger partial charge in [0.1, 0.15) is 6.61 Å². The van der Waals surface area contributed by atoms with Crippen molar-refractivity contribution in [1.82, 2.24) is 0 Å². The van der Waals surface area contributed by atoms with Crippen molar-refractivity contribution in [3.05, 3.63) is 36.5 Å². The molecule has 0 bridgehead atoms. The zero-order chi connectivity index (χ0) is 43.5. The molecule has 0 saturated carbocycles. The van der Waals surface area contributed by atoms with Crippen LogP contribution in [-0.4, -0.2) is 36.4 Å². The largest absolute Gasteiger partial charge is 0.462 e. The zero-order valence-corrected chi connectivity index (χ0v) is 40.2. The molecule has 0 fully saturated rings. The molecule has 5 nitrogen and oxygen atoms in total. The predicted molar refractivity (Wildman–Crippen MR) is 261 cm³/mol. The number of unbranched alkanes of at least 4 members (excludes halogenated alkanes) is 35. The molecule has 0 heterocycles. The second-order valence-corrected chi connectivity index (χ2v) is 17.9. The van der Waals surface area contributed by atoms with Crippen LogP contribution in [0.25, 0.3) is 0 Å². The Morgan fingerprint density at radius 2 is 0.667 bits per heavy atom. The van der Waals surface area contributed by atoms with E-state index in [-0.39, 0.29) is 25.2 Å². The minimum atomic E-state index is -0.777. The lowest BCUT2D eigenvalue weighted by Gasteiger charge is -2.15. The number of esters is 2. The molecule has 1 atom stereocenters. The van der Waals surface area contributed by atoms with E-state index in [1.165, 1.54) is 205 Å². The number of hydrogen-bond acceptors (Lipinski definition) is 5. The predicted octanol–water partition coefficient (Wildman–Crippen LogP) is 17.5. The third-order valence-electron chi connectivity index (χ3n) is 11.9. The lowest BCUT2D eigenvalue weighted by atomic mass is 10.0. The van der Waals surface area contributed by atoms with Crippen molar-refractivity contribution in [3.63, 3.8) is 0 Å². The lowest BCUT2D eigenvalue weighted by Crippen LogP contribution is -2.28. The van der Waals surface area contributed by atoms with Gasteiger partial charge in [-0.05, 0) is 70.6 Å². The van der Waals surface area contributed by atoms with E-state index in [0.29, 0.717) is 12.8 Å². The fourth-order valence-electron chi connectivity index (χ4n) is 7.88. The van der Waals surface area contributed by atoms with Crippen molar-refractivity contribution >= 4 is 11.9 Å². The standard InChI is InChI=1S/C55H102O5/c1-3-5-7-9-11-13-15-17-19-20-21-22-23-24-25-26-27-28-29-30-31-32-33-34-36-37-39-41-43-45-47-49-54(57)59-52-53(51-56)60-55(58)50-48-46-44-42-40-38-35-18-16-14-12-10-8-6-4-2/h12,14,18,20-21,35,53,56H,3-11,13,15-17,19,22-34,36-52H2,1-2H3/b14-12-,21-20-,35-18-. The highest BCUT2D eigenvalue weighted by Crippen LogP contribution is 2.16. The van der Waals surface area contributed by atoms with Crippen molar-refractivity contribution in [2.45, 2.75) is 290 Å². The molecule has 0 saturated heterocycles. The minimum absolute atomic E-state index is 0.0682. The average Bonchev–Trinajstić information content (AvgIpc) is 3.25. The average molecular weight is 843 g/mol. The molecular formula is C55H102O5. The maximum absolute atomic E-state index is 12.2. The van der Waals surface area contributed by atoms with Gasteiger partial charge in [-0.3, -0.25) is 9.59 Å². The molecule has 0 aromatic heterocycles. The van der Waals surface area contributed by atoms with Crippen molar-refractivity contribution in [1.29, 1.82) is 0 Å². The van der Waals surface area contributed by atoms with Gasteiger partial charge in [0.05, 0.1) is 6.61 Å². The molecule has 0 amide bonds. The van der Waals surface area contributed by atoms with E-state index in [9.17, 15) is 14.7 Å². The van der Waals surface area contributed by atoms with E-state index in [1.807, 2.05) is 0 Å². The molecule has 0 aliphatic rings. The summed E-state index contributed by atoms with van der Waals surface area (Å²) >= 11 is 0. The van der Waals surface area contributed by atoms with Gasteiger partial charge in [0.2, 0.25) is 0 Å². The molecule has 352 valence electrons. The van der Waals surface area contributed by atoms with E-state index < -0.39 is 6.10 Å². The van der Waals surface area contributed by atoms with E-state index in [1.54, 1.807) is 0 Å². The Kier molecular flexibility index (Phi) is 49.9. The number of rotatable bonds is 49. The third kappa shape index (κ3) is 48.8. The molecule has 0 rings (SSSR count). The summed E-state index contributed by atoms with van der Waals surface area (Å²) in [5.74, 6) is -0.595. The van der Waals surface area contributed by atoms with Gasteiger partial charge in [-0.25, -0.2) is 0 Å². The van der Waals surface area contributed by atoms with Gasteiger partial charge < -0.3 is 14.6 Å². The quantitative estimate of drug-likeness (QED) is 0.0375. The molecule has 0 aliphatic carbocycles. The van der Waals surface area contributed by atoms with Gasteiger partial charge in [0.25, 0.3) is 0 Å². The van der Waals surface area contributed by atoms with E-state index in [4.69, 9.17) is 9.47 Å². The maximum atomic E-state index is 12.2. The maximum Gasteiger partial charge on any atom is 0.306 e. The minimum Gasteiger partial charge on any atom is -0.462 e. The van der Waals surface area contributed by atoms with Gasteiger partial charge >= 0.3 is 11.9 Å². The highest BCUT2D eigenvalue weighted by Gasteiger charge is 2.16. The van der Waals surface area contributed by atoms with E-state index in [2.05, 4.69) is 50.3 Å². The highest BCUT2D eigenvalue weighted by atomic mass is 16.6. The monoisotopic (exact) mass is 843 g/mol. The summed E-state index contributed by atoms with van der Waals surface area (Å²) in [6.45, 7) is 4.13. The first-order valence-electron chi connectivity index (χ1n) is 26.5. The topological polar surface area (TPSA) is 72.8 Å². The Labute approximate surface area is 374 Å². The molecule has 0 radical (unpaired) electrons. The van der Waals surface area contributed by atoms with Crippen molar-refractivity contribution in [3.8, 4) is 0 Å². The summed E-state index contributed by atoms with van der Waals surface area (Å²) in [7, 11) is 0. The van der Waals surface area contributed by atoms with Gasteiger partial charge in [0.15, 0.2) is 6.10 Å². The Morgan fingerprint density at radius 1 is 0.383 bits per heavy atom. The first-order chi connectivity index (χ1) is 29.6. The van der Waals surface area contributed by atoms with Gasteiger partial charge in [-0.15, -0.1) is 0 Å². The van der Waals surface area contributed by atoms with Crippen LogP contribution >= 0.6 is 0 Å². The Balaban J connectivity index is 3.42. The van der Waals surface area contributed by atoms with Crippen LogP contribution in [0.4, 0.5) is 0 Å². The first kappa shape index (κ1) is 58.1. The van der Waals surface area contributed by atoms with Crippen LogP contribution in [0.3, 0.4) is 0 Å². The molecule has 1 unspecified atom stereocenters. The normalized spacial score (nSPS) is 12.4. The molecule has 0 aromatic rings. The molecule has 60 heavy (non-hydrogen) atoms. The summed E-state index contributed by atoms with van der Waals surface area (Å²) in [4.78, 5) is 24.4. The molecule has 0 aromatic carbocycles. The van der Waals surface area contributed by atoms with Gasteiger partial charge in [0, 0.05) is 12.8 Å². The lowest BCUT2D eigenvalue weighted by molar-refractivity contribution is -0.161. The second kappa shape index (κ2) is 51.5. The number of carbonyl (C=O) groups excluding carboxylic acids is 2. The Bertz CT molecular complexity index is 955. The number of aliphatic hydroxyl groups is 1. The summed E-state index contributed by atoms with van der Waals surface area (Å²) in [6.07, 6.45) is 65.5. The van der Waals surface area contributed by atoms with Gasteiger partial charge in [-0.2, -0.15) is 0 Å². The number of hydrogen-bond donors (Lipinski definition) is 1. The summed E-state index contributed by atoms with van der Waals surface area (Å²) < 4.78 is 10.7. The van der Waals surface area contributed by atoms with E-state index >= 15 is 0 Å². The number of aliphatic hydroxyl groups excluding tert-OH is 1. The summed E-state index contributed by atoms with van der Waals surface area (Å²) in [5, 5.41) is 9.61. The summed E-state index contributed by atoms with van der Waals surface area (Å²) in [6, 6.07) is 0. The Morgan fingerprint density at radius 3 is 1.03 bits per heavy atom. The van der Waals surface area contributed by atoms with Crippen molar-refractivity contribution < 1.29 is 24.2 Å². The zero-order valence-electron chi connectivity index (χ0n) is 40.2. The third-order valence-corrected chi connectivity index (χ3v) is 11.9. The van der Waals surface area contributed by atoms with Crippen LogP contribution < -0.4 is 0 Å². The smallest absolute Gasteiger partial charge is 0.306 e. The fourth-order valence-corrected chi connectivity index (χ4v) is 7.88. The SMILES string of the molecule is CCCCC/C=C\C/C=C\CCCCCCCC(=O)OC(CO)COC(=O)CCCCCCCCCCCCCCCCCCCCC/C=C\CCCCCCCCCC. The first-order valence-corrected chi connectivity index (χ1v) is 26.5. The molecule has 1 N–H and O–H groups in total. The van der Waals surface area contributed by atoms with Crippen molar-refractivity contribution in [2.75, 3.05) is 13.2 Å². The fraction of sp³-hybridized carbons (Fsp3) is 0.855. The van der Waals surface area contributed by atoms with Gasteiger partial charge in [-0.1, -0.05) is 237 Å². The van der Waals surface area contributed by atoms with Crippen LogP contribution in [-0.2, 0) is 19.1 Å². The van der Waals surface area contributed by atoms with Crippen LogP contribution in [0.15, 0.2) is 36.5 Å².